The molecule has 0 bridgehead atoms. The lowest BCUT2D eigenvalue weighted by molar-refractivity contribution is 0.0929. The summed E-state index contributed by atoms with van der Waals surface area (Å²) in [6.07, 6.45) is 3.79. The molecule has 0 aliphatic heterocycles. The van der Waals surface area contributed by atoms with Crippen LogP contribution < -0.4 is 5.32 Å². The Hall–Kier alpha value is -1.90. The molecular weight excluding hydrogens is 244 g/mol. The van der Waals surface area contributed by atoms with Crippen LogP contribution in [-0.2, 0) is 4.74 Å². The van der Waals surface area contributed by atoms with Gasteiger partial charge in [0.05, 0.1) is 5.56 Å². The smallest absolute Gasteiger partial charge is 0.253 e. The van der Waals surface area contributed by atoms with Gasteiger partial charge < -0.3 is 15.2 Å². The highest BCUT2D eigenvalue weighted by Gasteiger charge is 2.10. The van der Waals surface area contributed by atoms with E-state index in [4.69, 9.17) is 9.84 Å². The van der Waals surface area contributed by atoms with Crippen molar-refractivity contribution in [2.75, 3.05) is 20.3 Å². The Kier molecular flexibility index (Phi) is 6.58. The molecule has 1 atom stereocenters. The standard InChI is InChI=1S/C14H18N2O3/c1-11(5-7-19-2)16-14(18)13-8-12(4-3-6-17)9-15-10-13/h8-11,17H,5-7H2,1-2H3,(H,16,18). The van der Waals surface area contributed by atoms with E-state index in [-0.39, 0.29) is 18.6 Å². The topological polar surface area (TPSA) is 71.5 Å². The van der Waals surface area contributed by atoms with Gasteiger partial charge in [0.2, 0.25) is 0 Å². The molecule has 0 aliphatic rings. The highest BCUT2D eigenvalue weighted by molar-refractivity contribution is 5.94. The minimum absolute atomic E-state index is 0.0274. The molecule has 1 rings (SSSR count). The Morgan fingerprint density at radius 1 is 1.58 bits per heavy atom. The first-order chi connectivity index (χ1) is 9.17. The van der Waals surface area contributed by atoms with Crippen molar-refractivity contribution < 1.29 is 14.6 Å². The van der Waals surface area contributed by atoms with Crippen molar-refractivity contribution in [2.24, 2.45) is 0 Å². The van der Waals surface area contributed by atoms with Gasteiger partial charge in [0.15, 0.2) is 0 Å². The summed E-state index contributed by atoms with van der Waals surface area (Å²) in [6.45, 7) is 2.30. The van der Waals surface area contributed by atoms with E-state index >= 15 is 0 Å². The van der Waals surface area contributed by atoms with Crippen molar-refractivity contribution in [2.45, 2.75) is 19.4 Å². The number of aliphatic hydroxyl groups excluding tert-OH is 1. The fourth-order valence-corrected chi connectivity index (χ4v) is 1.45. The van der Waals surface area contributed by atoms with Crippen molar-refractivity contribution >= 4 is 5.91 Å². The minimum atomic E-state index is -0.218. The number of amides is 1. The average Bonchev–Trinajstić information content (AvgIpc) is 2.43. The fourth-order valence-electron chi connectivity index (χ4n) is 1.45. The van der Waals surface area contributed by atoms with E-state index in [2.05, 4.69) is 22.1 Å². The molecule has 1 aromatic heterocycles. The van der Waals surface area contributed by atoms with E-state index in [1.165, 1.54) is 6.20 Å². The van der Waals surface area contributed by atoms with Crippen LogP contribution in [0.3, 0.4) is 0 Å². The van der Waals surface area contributed by atoms with Gasteiger partial charge in [0.25, 0.3) is 5.91 Å². The zero-order valence-corrected chi connectivity index (χ0v) is 11.1. The fraction of sp³-hybridized carbons (Fsp3) is 0.429. The maximum Gasteiger partial charge on any atom is 0.253 e. The summed E-state index contributed by atoms with van der Waals surface area (Å²) in [4.78, 5) is 15.9. The van der Waals surface area contributed by atoms with Gasteiger partial charge in [-0.2, -0.15) is 0 Å². The predicted molar refractivity (Wildman–Crippen MR) is 71.6 cm³/mol. The second kappa shape index (κ2) is 8.25. The second-order valence-electron chi connectivity index (χ2n) is 4.08. The van der Waals surface area contributed by atoms with E-state index in [1.807, 2.05) is 6.92 Å². The number of methoxy groups -OCH3 is 1. The molecule has 1 aromatic rings. The van der Waals surface area contributed by atoms with Crippen LogP contribution in [0.15, 0.2) is 18.5 Å². The van der Waals surface area contributed by atoms with Crippen molar-refractivity contribution in [1.82, 2.24) is 10.3 Å². The molecule has 0 aliphatic carbocycles. The summed E-state index contributed by atoms with van der Waals surface area (Å²) in [5.41, 5.74) is 1.06. The molecule has 2 N–H and O–H groups in total. The van der Waals surface area contributed by atoms with E-state index < -0.39 is 0 Å². The number of aliphatic hydroxyl groups is 1. The minimum Gasteiger partial charge on any atom is -0.385 e. The molecule has 19 heavy (non-hydrogen) atoms. The summed E-state index contributed by atoms with van der Waals surface area (Å²) < 4.78 is 4.96. The Morgan fingerprint density at radius 3 is 3.05 bits per heavy atom. The molecule has 0 spiro atoms. The zero-order chi connectivity index (χ0) is 14.1. The van der Waals surface area contributed by atoms with Crippen molar-refractivity contribution in [1.29, 1.82) is 0 Å². The normalized spacial score (nSPS) is 11.3. The quantitative estimate of drug-likeness (QED) is 0.761. The first-order valence-electron chi connectivity index (χ1n) is 6.02. The van der Waals surface area contributed by atoms with Gasteiger partial charge in [-0.25, -0.2) is 0 Å². The molecule has 102 valence electrons. The van der Waals surface area contributed by atoms with Crippen molar-refractivity contribution in [3.05, 3.63) is 29.6 Å². The van der Waals surface area contributed by atoms with Crippen molar-refractivity contribution in [3.8, 4) is 11.8 Å². The largest absolute Gasteiger partial charge is 0.385 e. The number of nitrogens with one attached hydrogen (secondary N) is 1. The Labute approximate surface area is 113 Å². The Balaban J connectivity index is 2.66. The Morgan fingerprint density at radius 2 is 2.37 bits per heavy atom. The lowest BCUT2D eigenvalue weighted by atomic mass is 10.1. The molecule has 0 radical (unpaired) electrons. The van der Waals surface area contributed by atoms with Gasteiger partial charge >= 0.3 is 0 Å². The predicted octanol–water partition coefficient (Wildman–Crippen LogP) is 0.580. The number of rotatable bonds is 5. The number of nitrogens with zero attached hydrogens (tertiary/aromatic N) is 1. The molecule has 0 fully saturated rings. The van der Waals surface area contributed by atoms with E-state index in [0.29, 0.717) is 17.7 Å². The van der Waals surface area contributed by atoms with Gasteiger partial charge in [-0.3, -0.25) is 9.78 Å². The number of carbonyl (C=O) groups is 1. The highest BCUT2D eigenvalue weighted by Crippen LogP contribution is 2.03. The van der Waals surface area contributed by atoms with E-state index in [0.717, 1.165) is 6.42 Å². The number of hydrogen-bond donors (Lipinski definition) is 2. The summed E-state index contributed by atoms with van der Waals surface area (Å²) in [5, 5.41) is 11.5. The molecule has 0 saturated carbocycles. The van der Waals surface area contributed by atoms with Crippen LogP contribution in [0.5, 0.6) is 0 Å². The maximum absolute atomic E-state index is 12.0. The lowest BCUT2D eigenvalue weighted by Gasteiger charge is -2.13. The van der Waals surface area contributed by atoms with Gasteiger partial charge in [0, 0.05) is 37.7 Å². The summed E-state index contributed by atoms with van der Waals surface area (Å²) in [7, 11) is 1.63. The van der Waals surface area contributed by atoms with Gasteiger partial charge in [-0.1, -0.05) is 11.8 Å². The summed E-state index contributed by atoms with van der Waals surface area (Å²) >= 11 is 0. The number of hydrogen-bond acceptors (Lipinski definition) is 4. The molecular formula is C14H18N2O3. The number of ether oxygens (including phenoxy) is 1. The molecule has 0 saturated heterocycles. The third-order valence-corrected chi connectivity index (χ3v) is 2.44. The molecule has 0 aromatic carbocycles. The third-order valence-electron chi connectivity index (χ3n) is 2.44. The van der Waals surface area contributed by atoms with Gasteiger partial charge in [-0.15, -0.1) is 0 Å². The zero-order valence-electron chi connectivity index (χ0n) is 11.1. The van der Waals surface area contributed by atoms with Crippen LogP contribution >= 0.6 is 0 Å². The molecule has 1 heterocycles. The second-order valence-corrected chi connectivity index (χ2v) is 4.08. The maximum atomic E-state index is 12.0. The number of carbonyl (C=O) groups excluding carboxylic acids is 1. The number of pyridine rings is 1. The first kappa shape index (κ1) is 15.2. The summed E-state index contributed by atoms with van der Waals surface area (Å²) in [5.74, 6) is 5.04. The van der Waals surface area contributed by atoms with Crippen LogP contribution in [-0.4, -0.2) is 42.4 Å². The first-order valence-corrected chi connectivity index (χ1v) is 6.02. The lowest BCUT2D eigenvalue weighted by Crippen LogP contribution is -2.33. The Bertz CT molecular complexity index is 477. The summed E-state index contributed by atoms with van der Waals surface area (Å²) in [6, 6.07) is 1.67. The third kappa shape index (κ3) is 5.51. The highest BCUT2D eigenvalue weighted by atomic mass is 16.5. The molecule has 5 nitrogen and oxygen atoms in total. The van der Waals surface area contributed by atoms with Crippen LogP contribution in [0.1, 0.15) is 29.3 Å². The number of aromatic nitrogens is 1. The van der Waals surface area contributed by atoms with E-state index in [9.17, 15) is 4.79 Å². The van der Waals surface area contributed by atoms with Gasteiger partial charge in [0.1, 0.15) is 6.61 Å². The van der Waals surface area contributed by atoms with Gasteiger partial charge in [-0.05, 0) is 19.4 Å². The monoisotopic (exact) mass is 262 g/mol. The molecule has 1 amide bonds. The van der Waals surface area contributed by atoms with Crippen molar-refractivity contribution in [3.63, 3.8) is 0 Å². The van der Waals surface area contributed by atoms with Crippen LogP contribution in [0.4, 0.5) is 0 Å². The van der Waals surface area contributed by atoms with E-state index in [1.54, 1.807) is 19.4 Å². The molecule has 1 unspecified atom stereocenters. The molecule has 5 heteroatoms. The average molecular weight is 262 g/mol. The van der Waals surface area contributed by atoms with Crippen LogP contribution in [0, 0.1) is 11.8 Å². The van der Waals surface area contributed by atoms with Crippen LogP contribution in [0.25, 0.3) is 0 Å². The van der Waals surface area contributed by atoms with Crippen LogP contribution in [0.2, 0.25) is 0 Å². The SMILES string of the molecule is COCCC(C)NC(=O)c1cncc(C#CCO)c1.